The Morgan fingerprint density at radius 3 is 2.82 bits per heavy atom. The van der Waals surface area contributed by atoms with Crippen LogP contribution >= 0.6 is 0 Å². The van der Waals surface area contributed by atoms with Gasteiger partial charge in [-0.15, -0.1) is 4.68 Å². The number of aryl methyl sites for hydroxylation is 2. The summed E-state index contributed by atoms with van der Waals surface area (Å²) in [5.74, 6) is 0.117. The van der Waals surface area contributed by atoms with Gasteiger partial charge < -0.3 is 0 Å². The number of Topliss-reactive ketones (excluding diaryl/α,β-unsaturated/α-hetero) is 1. The minimum Gasteiger partial charge on any atom is -0.292 e. The molecule has 0 fully saturated rings. The van der Waals surface area contributed by atoms with Crippen molar-refractivity contribution >= 4 is 12.0 Å². The fourth-order valence-corrected chi connectivity index (χ4v) is 2.00. The summed E-state index contributed by atoms with van der Waals surface area (Å²) in [6.45, 7) is 0. The second kappa shape index (κ2) is 3.41. The lowest BCUT2D eigenvalue weighted by atomic mass is 10.1. The quantitative estimate of drug-likeness (QED) is 0.665. The molecule has 3 rings (SSSR count). The van der Waals surface area contributed by atoms with Crippen LogP contribution in [-0.4, -0.2) is 21.4 Å². The molecule has 1 aliphatic heterocycles. The Labute approximate surface area is 98.6 Å². The van der Waals surface area contributed by atoms with E-state index >= 15 is 0 Å². The van der Waals surface area contributed by atoms with Gasteiger partial charge in [0.2, 0.25) is 6.20 Å². The van der Waals surface area contributed by atoms with E-state index in [0.29, 0.717) is 12.1 Å². The number of carbonyl (C=O) groups is 1. The molecule has 0 spiro atoms. The van der Waals surface area contributed by atoms with Crippen molar-refractivity contribution in [1.82, 2.24) is 9.36 Å². The maximum atomic E-state index is 11.7. The molecule has 5 nitrogen and oxygen atoms in total. The van der Waals surface area contributed by atoms with Gasteiger partial charge in [0.15, 0.2) is 12.8 Å². The molecule has 2 aromatic heterocycles. The SMILES string of the molecule is Cn1cc(-c2cc3n(c2)N=CCC3=O)c[n+]1C. The molecule has 1 aliphatic rings. The van der Waals surface area contributed by atoms with E-state index in [1.54, 1.807) is 10.9 Å². The first-order valence-corrected chi connectivity index (χ1v) is 5.46. The van der Waals surface area contributed by atoms with E-state index < -0.39 is 0 Å². The van der Waals surface area contributed by atoms with Crippen molar-refractivity contribution in [2.45, 2.75) is 6.42 Å². The zero-order valence-corrected chi connectivity index (χ0v) is 9.79. The molecule has 0 aliphatic carbocycles. The van der Waals surface area contributed by atoms with Gasteiger partial charge in [-0.2, -0.15) is 9.78 Å². The lowest BCUT2D eigenvalue weighted by molar-refractivity contribution is -0.751. The third-order valence-electron chi connectivity index (χ3n) is 3.05. The first-order chi connectivity index (χ1) is 8.15. The van der Waals surface area contributed by atoms with E-state index in [1.165, 1.54) is 0 Å². The molecule has 0 atom stereocenters. The molecule has 0 saturated heterocycles. The van der Waals surface area contributed by atoms with Gasteiger partial charge >= 0.3 is 0 Å². The normalized spacial score (nSPS) is 14.1. The molecule has 5 heteroatoms. The molecular weight excluding hydrogens is 216 g/mol. The summed E-state index contributed by atoms with van der Waals surface area (Å²) in [7, 11) is 3.95. The average molecular weight is 229 g/mol. The summed E-state index contributed by atoms with van der Waals surface area (Å²) in [6, 6.07) is 1.90. The van der Waals surface area contributed by atoms with Crippen LogP contribution in [0.15, 0.2) is 29.8 Å². The smallest absolute Gasteiger partial charge is 0.203 e. The van der Waals surface area contributed by atoms with E-state index in [4.69, 9.17) is 0 Å². The number of nitrogens with zero attached hydrogens (tertiary/aromatic N) is 4. The highest BCUT2D eigenvalue weighted by molar-refractivity contribution is 6.04. The van der Waals surface area contributed by atoms with E-state index in [0.717, 1.165) is 11.1 Å². The second-order valence-electron chi connectivity index (χ2n) is 4.24. The maximum Gasteiger partial charge on any atom is 0.203 e. The summed E-state index contributed by atoms with van der Waals surface area (Å²) in [4.78, 5) is 11.7. The molecule has 0 aromatic carbocycles. The van der Waals surface area contributed by atoms with Crippen LogP contribution in [0.5, 0.6) is 0 Å². The topological polar surface area (TPSA) is 43.2 Å². The van der Waals surface area contributed by atoms with Gasteiger partial charge in [0, 0.05) is 24.4 Å². The lowest BCUT2D eigenvalue weighted by Gasteiger charge is -2.04. The summed E-state index contributed by atoms with van der Waals surface area (Å²) in [6.07, 6.45) is 7.97. The molecule has 0 unspecified atom stereocenters. The van der Waals surface area contributed by atoms with Gasteiger partial charge in [0.25, 0.3) is 0 Å². The molecule has 0 radical (unpaired) electrons. The van der Waals surface area contributed by atoms with Crippen LogP contribution in [0, 0.1) is 0 Å². The number of aromatic nitrogens is 3. The fraction of sp³-hybridized carbons (Fsp3) is 0.250. The minimum absolute atomic E-state index is 0.117. The van der Waals surface area contributed by atoms with Crippen LogP contribution in [0.25, 0.3) is 11.1 Å². The second-order valence-corrected chi connectivity index (χ2v) is 4.24. The summed E-state index contributed by atoms with van der Waals surface area (Å²) >= 11 is 0. The maximum absolute atomic E-state index is 11.7. The van der Waals surface area contributed by atoms with Crippen LogP contribution in [0.1, 0.15) is 16.9 Å². The van der Waals surface area contributed by atoms with Crippen LogP contribution in [0.4, 0.5) is 0 Å². The van der Waals surface area contributed by atoms with Crippen LogP contribution in [0.3, 0.4) is 0 Å². The van der Waals surface area contributed by atoms with Gasteiger partial charge in [0.05, 0.1) is 18.8 Å². The third kappa shape index (κ3) is 1.51. The molecule has 0 saturated carbocycles. The standard InChI is InChI=1S/C12H13N4O/c1-14-6-10(7-15(14)2)9-5-11-12(17)3-4-13-16(11)8-9/h4-8H,3H2,1-2H3/q+1. The predicted octanol–water partition coefficient (Wildman–Crippen LogP) is 0.738. The number of hydrogen-bond donors (Lipinski definition) is 0. The first kappa shape index (κ1) is 10.0. The van der Waals surface area contributed by atoms with Crippen LogP contribution in [-0.2, 0) is 14.1 Å². The Bertz CT molecular complexity index is 613. The Morgan fingerprint density at radius 2 is 2.18 bits per heavy atom. The Morgan fingerprint density at radius 1 is 1.35 bits per heavy atom. The van der Waals surface area contributed by atoms with Crippen LogP contribution in [0.2, 0.25) is 0 Å². The number of ketones is 1. The summed E-state index contributed by atoms with van der Waals surface area (Å²) in [5, 5.41) is 4.18. The van der Waals surface area contributed by atoms with Crippen molar-refractivity contribution in [1.29, 1.82) is 0 Å². The van der Waals surface area contributed by atoms with Gasteiger partial charge in [-0.25, -0.2) is 4.68 Å². The zero-order valence-electron chi connectivity index (χ0n) is 9.79. The Balaban J connectivity index is 2.11. The number of rotatable bonds is 1. The van der Waals surface area contributed by atoms with Crippen molar-refractivity contribution in [3.63, 3.8) is 0 Å². The molecule has 0 amide bonds. The highest BCUT2D eigenvalue weighted by Crippen LogP contribution is 2.23. The molecule has 0 bridgehead atoms. The molecule has 17 heavy (non-hydrogen) atoms. The average Bonchev–Trinajstić information content (AvgIpc) is 2.85. The number of hydrogen-bond acceptors (Lipinski definition) is 2. The largest absolute Gasteiger partial charge is 0.292 e. The highest BCUT2D eigenvalue weighted by Gasteiger charge is 2.18. The monoisotopic (exact) mass is 229 g/mol. The van der Waals surface area contributed by atoms with Gasteiger partial charge in [-0.3, -0.25) is 4.79 Å². The van der Waals surface area contributed by atoms with Crippen molar-refractivity contribution in [2.24, 2.45) is 19.2 Å². The van der Waals surface area contributed by atoms with E-state index in [1.807, 2.05) is 48.1 Å². The van der Waals surface area contributed by atoms with Crippen molar-refractivity contribution in [3.8, 4) is 11.1 Å². The highest BCUT2D eigenvalue weighted by atomic mass is 16.1. The summed E-state index contributed by atoms with van der Waals surface area (Å²) in [5.41, 5.74) is 2.76. The fourth-order valence-electron chi connectivity index (χ4n) is 2.00. The van der Waals surface area contributed by atoms with Gasteiger partial charge in [-0.1, -0.05) is 0 Å². The van der Waals surface area contributed by atoms with Gasteiger partial charge in [-0.05, 0) is 6.07 Å². The minimum atomic E-state index is 0.117. The Hall–Kier alpha value is -2.17. The van der Waals surface area contributed by atoms with Crippen molar-refractivity contribution < 1.29 is 9.48 Å². The number of fused-ring (bicyclic) bond motifs is 1. The summed E-state index contributed by atoms with van der Waals surface area (Å²) < 4.78 is 5.61. The molecule has 86 valence electrons. The van der Waals surface area contributed by atoms with Crippen molar-refractivity contribution in [3.05, 3.63) is 30.4 Å². The first-order valence-electron chi connectivity index (χ1n) is 5.46. The third-order valence-corrected chi connectivity index (χ3v) is 3.05. The van der Waals surface area contributed by atoms with Crippen molar-refractivity contribution in [2.75, 3.05) is 0 Å². The molecule has 2 aromatic rings. The number of carbonyl (C=O) groups excluding carboxylic acids is 1. The van der Waals surface area contributed by atoms with E-state index in [9.17, 15) is 4.79 Å². The molecule has 0 N–H and O–H groups in total. The Kier molecular flexibility index (Phi) is 2.01. The molecular formula is C12H13N4O+. The van der Waals surface area contributed by atoms with Crippen LogP contribution < -0.4 is 4.68 Å². The van der Waals surface area contributed by atoms with E-state index in [-0.39, 0.29) is 5.78 Å². The molecule has 3 heterocycles. The van der Waals surface area contributed by atoms with Gasteiger partial charge in [0.1, 0.15) is 5.69 Å². The predicted molar refractivity (Wildman–Crippen MR) is 62.9 cm³/mol. The van der Waals surface area contributed by atoms with E-state index in [2.05, 4.69) is 5.10 Å². The lowest BCUT2D eigenvalue weighted by Crippen LogP contribution is -2.35. The zero-order chi connectivity index (χ0) is 12.0.